The highest BCUT2D eigenvalue weighted by molar-refractivity contribution is 6.19. The van der Waals surface area contributed by atoms with Crippen molar-refractivity contribution >= 4 is 98.9 Å². The molecular formula is C64H71ClN10O10. The van der Waals surface area contributed by atoms with Crippen LogP contribution in [0.1, 0.15) is 126 Å². The fourth-order valence-corrected chi connectivity index (χ4v) is 12.1. The molecule has 2 aromatic heterocycles. The van der Waals surface area contributed by atoms with Gasteiger partial charge in [0.1, 0.15) is 29.2 Å². The molecule has 0 bridgehead atoms. The number of allylic oxidation sites excluding steroid dienone is 3. The maximum Gasteiger partial charge on any atom is 0.415 e. The molecule has 10 rings (SSSR count). The van der Waals surface area contributed by atoms with Gasteiger partial charge in [-0.2, -0.15) is 0 Å². The van der Waals surface area contributed by atoms with Crippen LogP contribution in [0.25, 0.3) is 22.6 Å². The Labute approximate surface area is 497 Å². The summed E-state index contributed by atoms with van der Waals surface area (Å²) in [7, 11) is 0. The van der Waals surface area contributed by atoms with Crippen LogP contribution < -0.4 is 30.9 Å². The predicted molar refractivity (Wildman–Crippen MR) is 323 cm³/mol. The molecule has 1 fully saturated rings. The van der Waals surface area contributed by atoms with Crippen molar-refractivity contribution in [1.82, 2.24) is 40.6 Å². The minimum atomic E-state index is -1.02. The van der Waals surface area contributed by atoms with Crippen LogP contribution in [0.4, 0.5) is 16.2 Å². The zero-order valence-electron chi connectivity index (χ0n) is 48.0. The SMILES string of the molecule is CC1=CCCc2c(OC(=O)N3CCN(C(=O)CNC(=O)C(CC(C)C)NC(=O)C(Cc4ccccc4)NC(=O)CCCCCN4C(=O)C=CC4=O)CC3)cc3c(c21)C(CCl)CN3C(=O)c1cc2cc(NC(=O)c3cc4c([nH]3)C=CCC4)ccc2[nH]1. The van der Waals surface area contributed by atoms with Gasteiger partial charge in [0.15, 0.2) is 0 Å². The molecule has 0 saturated carbocycles. The summed E-state index contributed by atoms with van der Waals surface area (Å²) in [5, 5.41) is 12.1. The van der Waals surface area contributed by atoms with Crippen molar-refractivity contribution in [3.63, 3.8) is 0 Å². The number of benzene rings is 3. The number of nitrogens with one attached hydrogen (secondary N) is 6. The van der Waals surface area contributed by atoms with Gasteiger partial charge in [0.2, 0.25) is 23.6 Å². The number of ether oxygens (including phenoxy) is 1. The van der Waals surface area contributed by atoms with Crippen molar-refractivity contribution in [2.45, 2.75) is 103 Å². The van der Waals surface area contributed by atoms with E-state index in [2.05, 4.69) is 43.4 Å². The van der Waals surface area contributed by atoms with Crippen molar-refractivity contribution in [2.24, 2.45) is 5.92 Å². The van der Waals surface area contributed by atoms with Crippen molar-refractivity contribution in [3.05, 3.63) is 136 Å². The van der Waals surface area contributed by atoms with Crippen molar-refractivity contribution < 1.29 is 47.9 Å². The fourth-order valence-electron chi connectivity index (χ4n) is 11.9. The van der Waals surface area contributed by atoms with E-state index in [0.717, 1.165) is 68.6 Å². The lowest BCUT2D eigenvalue weighted by Gasteiger charge is -2.34. The number of halogens is 1. The molecule has 3 aliphatic heterocycles. The van der Waals surface area contributed by atoms with Crippen LogP contribution in [0.5, 0.6) is 5.75 Å². The van der Waals surface area contributed by atoms with Gasteiger partial charge in [0, 0.05) is 110 Å². The molecular weight excluding hydrogens is 1100 g/mol. The number of carbonyl (C=O) groups excluding carboxylic acids is 9. The number of H-pyrrole nitrogens is 2. The first-order chi connectivity index (χ1) is 41.0. The van der Waals surface area contributed by atoms with Crippen LogP contribution in [0.3, 0.4) is 0 Å². The minimum absolute atomic E-state index is 0.0292. The zero-order valence-corrected chi connectivity index (χ0v) is 48.8. The van der Waals surface area contributed by atoms with E-state index in [-0.39, 0.29) is 112 Å². The Kier molecular flexibility index (Phi) is 18.5. The second-order valence-electron chi connectivity index (χ2n) is 22.8. The van der Waals surface area contributed by atoms with E-state index in [0.29, 0.717) is 66.3 Å². The van der Waals surface area contributed by atoms with Gasteiger partial charge >= 0.3 is 6.09 Å². The maximum atomic E-state index is 14.6. The summed E-state index contributed by atoms with van der Waals surface area (Å²) in [5.74, 6) is -2.77. The van der Waals surface area contributed by atoms with E-state index in [1.54, 1.807) is 28.0 Å². The molecule has 6 N–H and O–H groups in total. The number of carbonyl (C=O) groups is 9. The number of aromatic nitrogens is 2. The molecule has 0 radical (unpaired) electrons. The highest BCUT2D eigenvalue weighted by Gasteiger charge is 2.39. The summed E-state index contributed by atoms with van der Waals surface area (Å²) < 4.78 is 6.26. The number of rotatable bonds is 21. The van der Waals surface area contributed by atoms with Crippen LogP contribution in [0.2, 0.25) is 0 Å². The Hall–Kier alpha value is -8.78. The normalized spacial score (nSPS) is 16.9. The summed E-state index contributed by atoms with van der Waals surface area (Å²) in [6.07, 6.45) is 13.3. The first-order valence-corrected chi connectivity index (χ1v) is 29.8. The van der Waals surface area contributed by atoms with Gasteiger partial charge in [-0.1, -0.05) is 62.8 Å². The number of anilines is 2. The van der Waals surface area contributed by atoms with Gasteiger partial charge in [-0.05, 0) is 122 Å². The molecule has 85 heavy (non-hydrogen) atoms. The summed E-state index contributed by atoms with van der Waals surface area (Å²) in [6.45, 7) is 6.66. The van der Waals surface area contributed by atoms with Crippen LogP contribution in [-0.2, 0) is 48.0 Å². The topological polar surface area (TPSA) is 256 Å². The number of aromatic amines is 2. The summed E-state index contributed by atoms with van der Waals surface area (Å²) in [6, 6.07) is 18.0. The largest absolute Gasteiger partial charge is 0.415 e. The second-order valence-corrected chi connectivity index (χ2v) is 23.1. The lowest BCUT2D eigenvalue weighted by Crippen LogP contribution is -2.56. The van der Waals surface area contributed by atoms with Crippen LogP contribution >= 0.6 is 11.6 Å². The number of aryl methyl sites for hydroxylation is 1. The smallest absolute Gasteiger partial charge is 0.410 e. The van der Waals surface area contributed by atoms with E-state index in [9.17, 15) is 43.2 Å². The van der Waals surface area contributed by atoms with Crippen LogP contribution in [-0.4, -0.2) is 142 Å². The van der Waals surface area contributed by atoms with E-state index in [1.165, 1.54) is 17.1 Å². The van der Waals surface area contributed by atoms with Crippen LogP contribution in [0.15, 0.2) is 91.0 Å². The van der Waals surface area contributed by atoms with E-state index < -0.39 is 30.0 Å². The Balaban J connectivity index is 0.744. The number of hydrogen-bond donors (Lipinski definition) is 6. The molecule has 444 valence electrons. The van der Waals surface area contributed by atoms with Crippen molar-refractivity contribution in [3.8, 4) is 5.75 Å². The molecule has 9 amide bonds. The molecule has 20 nitrogen and oxygen atoms in total. The monoisotopic (exact) mass is 1170 g/mol. The molecule has 5 heterocycles. The Morgan fingerprint density at radius 2 is 1.55 bits per heavy atom. The third-order valence-electron chi connectivity index (χ3n) is 16.3. The summed E-state index contributed by atoms with van der Waals surface area (Å²) in [5.41, 5.74) is 9.22. The van der Waals surface area contributed by atoms with Crippen molar-refractivity contribution in [1.29, 1.82) is 0 Å². The van der Waals surface area contributed by atoms with E-state index in [4.69, 9.17) is 16.3 Å². The number of hydrogen-bond acceptors (Lipinski definition) is 10. The number of imide groups is 1. The Morgan fingerprint density at radius 3 is 2.29 bits per heavy atom. The number of nitrogens with zero attached hydrogens (tertiary/aromatic N) is 4. The number of unbranched alkanes of at least 4 members (excludes halogenated alkanes) is 2. The molecule has 3 unspecified atom stereocenters. The Morgan fingerprint density at radius 1 is 0.788 bits per heavy atom. The van der Waals surface area contributed by atoms with Gasteiger partial charge in [-0.25, -0.2) is 4.79 Å². The van der Waals surface area contributed by atoms with E-state index >= 15 is 0 Å². The highest BCUT2D eigenvalue weighted by atomic mass is 35.5. The lowest BCUT2D eigenvalue weighted by molar-refractivity contribution is -0.137. The van der Waals surface area contributed by atoms with Gasteiger partial charge in [-0.3, -0.25) is 43.3 Å². The number of amides is 9. The van der Waals surface area contributed by atoms with Gasteiger partial charge < -0.3 is 50.7 Å². The molecule has 5 aromatic rings. The second kappa shape index (κ2) is 26.4. The molecule has 3 atom stereocenters. The predicted octanol–water partition coefficient (Wildman–Crippen LogP) is 7.54. The number of piperazine rings is 1. The van der Waals surface area contributed by atoms with Crippen LogP contribution in [0, 0.1) is 5.92 Å². The molecule has 3 aromatic carbocycles. The first-order valence-electron chi connectivity index (χ1n) is 29.3. The summed E-state index contributed by atoms with van der Waals surface area (Å²) in [4.78, 5) is 133. The average molecular weight is 1180 g/mol. The van der Waals surface area contributed by atoms with Gasteiger partial charge in [-0.15, -0.1) is 11.6 Å². The number of alkyl halides is 1. The van der Waals surface area contributed by atoms with Gasteiger partial charge in [0.25, 0.3) is 23.6 Å². The third kappa shape index (κ3) is 13.8. The first kappa shape index (κ1) is 59.4. The maximum absolute atomic E-state index is 14.6. The third-order valence-corrected chi connectivity index (χ3v) is 16.7. The standard InChI is InChI=1S/C64H71ClN10O10/c1-38(2)29-48(71-62(82)49(30-40-14-6-4-7-15-40)70-54(76)19-8-5-11-24-74-55(77)22-23-56(74)78)60(80)66-36-57(79)72-25-27-73(28-26-72)64(84)85-53-34-52-59(58-39(3)13-12-17-45(53)58)43(35-65)37-75(52)63(83)51-33-42-31-44(20-21-47(42)69-51)67-61(81)50-32-41-16-9-10-18-46(41)68-50/h4,6-7,10,13-15,18,20-23,31-34,38,43,48-49,68-69H,5,8-9,11-12,16-17,19,24-30,35-37H2,1-3H3,(H,66,80)(H,67,81)(H,70,76)(H,71,82). The number of fused-ring (bicyclic) bond motifs is 5. The zero-order chi connectivity index (χ0) is 59.9. The van der Waals surface area contributed by atoms with Crippen molar-refractivity contribution in [2.75, 3.05) is 61.9 Å². The summed E-state index contributed by atoms with van der Waals surface area (Å²) >= 11 is 6.68. The quantitative estimate of drug-likeness (QED) is 0.0239. The molecule has 5 aliphatic rings. The van der Waals surface area contributed by atoms with E-state index in [1.807, 2.05) is 75.4 Å². The molecule has 1 saturated heterocycles. The minimum Gasteiger partial charge on any atom is -0.410 e. The molecule has 0 spiro atoms. The lowest BCUT2D eigenvalue weighted by atomic mass is 9.83. The van der Waals surface area contributed by atoms with Gasteiger partial charge in [0.05, 0.1) is 12.2 Å². The average Bonchev–Trinajstić information content (AvgIpc) is 2.48. The highest BCUT2D eigenvalue weighted by Crippen LogP contribution is 2.49. The molecule has 2 aliphatic carbocycles. The molecule has 21 heteroatoms. The Bertz CT molecular complexity index is 3520. The fraction of sp³-hybridized carbons (Fsp3) is 0.391.